The van der Waals surface area contributed by atoms with E-state index >= 15 is 0 Å². The SMILES string of the molecule is C\C=C(/C=C\C(Cl)=C(/C)OC)N1CCN(C(=O)CN(CC)/N=C(\CCl)C(=O)OCC)C(C)C1. The molecule has 1 rings (SSSR count). The first-order chi connectivity index (χ1) is 15.7. The van der Waals surface area contributed by atoms with Crippen molar-refractivity contribution in [3.8, 4) is 0 Å². The molecule has 33 heavy (non-hydrogen) atoms. The molecule has 0 bridgehead atoms. The third kappa shape index (κ3) is 8.93. The average molecular weight is 503 g/mol. The minimum absolute atomic E-state index is 0.00145. The molecule has 0 aromatic carbocycles. The first kappa shape index (κ1) is 28.8. The lowest BCUT2D eigenvalue weighted by Crippen LogP contribution is -2.55. The van der Waals surface area contributed by atoms with Gasteiger partial charge in [-0.05, 0) is 46.8 Å². The van der Waals surface area contributed by atoms with Gasteiger partial charge >= 0.3 is 5.97 Å². The van der Waals surface area contributed by atoms with Crippen molar-refractivity contribution in [1.29, 1.82) is 0 Å². The average Bonchev–Trinajstić information content (AvgIpc) is 2.81. The van der Waals surface area contributed by atoms with Crippen LogP contribution in [0.4, 0.5) is 0 Å². The Morgan fingerprint density at radius 3 is 2.45 bits per heavy atom. The van der Waals surface area contributed by atoms with Gasteiger partial charge in [0.1, 0.15) is 12.3 Å². The van der Waals surface area contributed by atoms with E-state index in [-0.39, 0.29) is 36.7 Å². The summed E-state index contributed by atoms with van der Waals surface area (Å²) >= 11 is 12.1. The van der Waals surface area contributed by atoms with Crippen LogP contribution in [0.5, 0.6) is 0 Å². The molecule has 0 aliphatic carbocycles. The van der Waals surface area contributed by atoms with Gasteiger partial charge in [-0.2, -0.15) is 5.10 Å². The molecule has 0 aromatic rings. The summed E-state index contributed by atoms with van der Waals surface area (Å²) in [6, 6.07) is 0.00145. The Morgan fingerprint density at radius 1 is 1.24 bits per heavy atom. The summed E-state index contributed by atoms with van der Waals surface area (Å²) in [6.07, 6.45) is 5.78. The van der Waals surface area contributed by atoms with Gasteiger partial charge < -0.3 is 19.3 Å². The second-order valence-electron chi connectivity index (χ2n) is 7.42. The summed E-state index contributed by atoms with van der Waals surface area (Å²) in [5.74, 6) is -0.0511. The number of halogens is 2. The number of rotatable bonds is 11. The fraction of sp³-hybridized carbons (Fsp3) is 0.609. The quantitative estimate of drug-likeness (QED) is 0.107. The molecule has 1 heterocycles. The number of amides is 1. The van der Waals surface area contributed by atoms with Crippen molar-refractivity contribution >= 4 is 40.8 Å². The van der Waals surface area contributed by atoms with Crippen molar-refractivity contribution in [1.82, 2.24) is 14.8 Å². The van der Waals surface area contributed by atoms with Crippen LogP contribution in [0.3, 0.4) is 0 Å². The van der Waals surface area contributed by atoms with Crippen LogP contribution in [0.15, 0.2) is 39.8 Å². The number of hydrogen-bond donors (Lipinski definition) is 0. The highest BCUT2D eigenvalue weighted by Gasteiger charge is 2.28. The van der Waals surface area contributed by atoms with Gasteiger partial charge in [0.25, 0.3) is 0 Å². The Kier molecular flexibility index (Phi) is 13.0. The predicted molar refractivity (Wildman–Crippen MR) is 133 cm³/mol. The highest BCUT2D eigenvalue weighted by atomic mass is 35.5. The maximum Gasteiger partial charge on any atom is 0.355 e. The number of piperazine rings is 1. The molecule has 8 nitrogen and oxygen atoms in total. The molecule has 186 valence electrons. The first-order valence-electron chi connectivity index (χ1n) is 11.1. The lowest BCUT2D eigenvalue weighted by molar-refractivity contribution is -0.137. The number of alkyl halides is 1. The number of likely N-dealkylation sites (N-methyl/N-ethyl adjacent to an activating group) is 1. The Hall–Kier alpha value is -2.19. The van der Waals surface area contributed by atoms with Gasteiger partial charge in [0.05, 0.1) is 24.6 Å². The normalized spacial score (nSPS) is 18.4. The zero-order chi connectivity index (χ0) is 25.0. The lowest BCUT2D eigenvalue weighted by atomic mass is 10.1. The number of carbonyl (C=O) groups is 2. The van der Waals surface area contributed by atoms with Gasteiger partial charge in [-0.3, -0.25) is 9.80 Å². The van der Waals surface area contributed by atoms with Gasteiger partial charge in [-0.15, -0.1) is 11.6 Å². The molecule has 0 saturated carbocycles. The van der Waals surface area contributed by atoms with Gasteiger partial charge in [0.15, 0.2) is 5.71 Å². The van der Waals surface area contributed by atoms with Gasteiger partial charge in [-0.1, -0.05) is 17.7 Å². The molecular weight excluding hydrogens is 467 g/mol. The molecule has 1 unspecified atom stereocenters. The summed E-state index contributed by atoms with van der Waals surface area (Å²) in [6.45, 7) is 12.1. The molecule has 1 atom stereocenters. The third-order valence-corrected chi connectivity index (χ3v) is 5.88. The van der Waals surface area contributed by atoms with E-state index in [9.17, 15) is 9.59 Å². The van der Waals surface area contributed by atoms with Crippen LogP contribution in [0.2, 0.25) is 0 Å². The van der Waals surface area contributed by atoms with E-state index in [2.05, 4.69) is 10.0 Å². The summed E-state index contributed by atoms with van der Waals surface area (Å²) in [5.41, 5.74) is 1.11. The largest absolute Gasteiger partial charge is 0.500 e. The second kappa shape index (κ2) is 14.9. The third-order valence-electron chi connectivity index (χ3n) is 5.23. The molecule has 1 aliphatic rings. The van der Waals surface area contributed by atoms with E-state index in [0.29, 0.717) is 37.0 Å². The number of carbonyl (C=O) groups excluding carboxylic acids is 2. The second-order valence-corrected chi connectivity index (χ2v) is 8.09. The van der Waals surface area contributed by atoms with E-state index in [0.717, 1.165) is 5.70 Å². The summed E-state index contributed by atoms with van der Waals surface area (Å²) in [5, 5.41) is 6.33. The minimum atomic E-state index is -0.567. The van der Waals surface area contributed by atoms with E-state index in [4.69, 9.17) is 32.7 Å². The van der Waals surface area contributed by atoms with E-state index in [1.807, 2.05) is 43.9 Å². The summed E-state index contributed by atoms with van der Waals surface area (Å²) < 4.78 is 10.1. The molecule has 1 fully saturated rings. The number of hydrogen-bond acceptors (Lipinski definition) is 7. The number of allylic oxidation sites excluding steroid dienone is 5. The summed E-state index contributed by atoms with van der Waals surface area (Å²) in [4.78, 5) is 29.0. The first-order valence-corrected chi connectivity index (χ1v) is 12.0. The molecule has 0 radical (unpaired) electrons. The lowest BCUT2D eigenvalue weighted by Gasteiger charge is -2.42. The van der Waals surface area contributed by atoms with Crippen LogP contribution in [0.1, 0.15) is 34.6 Å². The number of hydrazone groups is 1. The molecule has 1 amide bonds. The molecule has 0 aromatic heterocycles. The van der Waals surface area contributed by atoms with Crippen LogP contribution in [-0.2, 0) is 19.1 Å². The van der Waals surface area contributed by atoms with Crippen molar-refractivity contribution in [3.05, 3.63) is 34.7 Å². The van der Waals surface area contributed by atoms with Crippen molar-refractivity contribution in [2.75, 3.05) is 52.3 Å². The molecular formula is C23H36Cl2N4O4. The minimum Gasteiger partial charge on any atom is -0.500 e. The molecule has 1 saturated heterocycles. The Balaban J connectivity index is 2.82. The zero-order valence-electron chi connectivity index (χ0n) is 20.4. The maximum absolute atomic E-state index is 13.0. The van der Waals surface area contributed by atoms with Crippen molar-refractivity contribution < 1.29 is 19.1 Å². The highest BCUT2D eigenvalue weighted by Crippen LogP contribution is 2.18. The number of ether oxygens (including phenoxy) is 2. The van der Waals surface area contributed by atoms with Crippen LogP contribution >= 0.6 is 23.2 Å². The van der Waals surface area contributed by atoms with Crippen molar-refractivity contribution in [2.45, 2.75) is 40.7 Å². The summed E-state index contributed by atoms with van der Waals surface area (Å²) in [7, 11) is 1.58. The monoisotopic (exact) mass is 502 g/mol. The molecule has 0 spiro atoms. The Labute approximate surface area is 207 Å². The molecule has 1 aliphatic heterocycles. The van der Waals surface area contributed by atoms with Crippen LogP contribution in [0.25, 0.3) is 0 Å². The standard InChI is InChI=1S/C23H36Cl2N4O4/c1-7-19(10-11-20(25)18(5)32-6)27-12-13-29(17(4)15-27)22(30)16-28(8-2)26-21(14-24)23(31)33-9-3/h7,10-11,17H,8-9,12-16H2,1-6H3/b11-10-,19-7+,20-18-,26-21+. The van der Waals surface area contributed by atoms with Crippen LogP contribution in [-0.4, -0.2) is 90.8 Å². The molecule has 10 heteroatoms. The van der Waals surface area contributed by atoms with Crippen LogP contribution in [0, 0.1) is 0 Å². The Bertz CT molecular complexity index is 795. The van der Waals surface area contributed by atoms with E-state index < -0.39 is 5.97 Å². The highest BCUT2D eigenvalue weighted by molar-refractivity contribution is 6.47. The fourth-order valence-electron chi connectivity index (χ4n) is 3.29. The molecule has 0 N–H and O–H groups in total. The van der Waals surface area contributed by atoms with Crippen molar-refractivity contribution in [3.63, 3.8) is 0 Å². The van der Waals surface area contributed by atoms with E-state index in [1.165, 1.54) is 0 Å². The van der Waals surface area contributed by atoms with Gasteiger partial charge in [0.2, 0.25) is 5.91 Å². The number of esters is 1. The smallest absolute Gasteiger partial charge is 0.355 e. The predicted octanol–water partition coefficient (Wildman–Crippen LogP) is 3.58. The fourth-order valence-corrected chi connectivity index (χ4v) is 3.60. The number of nitrogens with zero attached hydrogens (tertiary/aromatic N) is 4. The topological polar surface area (TPSA) is 74.7 Å². The van der Waals surface area contributed by atoms with Crippen molar-refractivity contribution in [2.24, 2.45) is 5.10 Å². The Morgan fingerprint density at radius 2 is 1.94 bits per heavy atom. The maximum atomic E-state index is 13.0. The van der Waals surface area contributed by atoms with E-state index in [1.54, 1.807) is 26.0 Å². The van der Waals surface area contributed by atoms with Gasteiger partial charge in [0, 0.05) is 37.9 Å². The zero-order valence-corrected chi connectivity index (χ0v) is 21.9. The number of methoxy groups -OCH3 is 1. The van der Waals surface area contributed by atoms with Gasteiger partial charge in [-0.25, -0.2) is 4.79 Å². The van der Waals surface area contributed by atoms with Crippen LogP contribution < -0.4 is 0 Å².